The van der Waals surface area contributed by atoms with Gasteiger partial charge >= 0.3 is 6.09 Å². The van der Waals surface area contributed by atoms with Crippen LogP contribution in [0.25, 0.3) is 0 Å². The number of amides is 1. The molecule has 0 saturated heterocycles. The van der Waals surface area contributed by atoms with Crippen molar-refractivity contribution < 1.29 is 9.53 Å². The van der Waals surface area contributed by atoms with Crippen LogP contribution < -0.4 is 16.2 Å². The molecule has 0 fully saturated rings. The Morgan fingerprint density at radius 1 is 1.52 bits per heavy atom. The topological polar surface area (TPSA) is 96.1 Å². The zero-order valence-electron chi connectivity index (χ0n) is 12.6. The fourth-order valence-electron chi connectivity index (χ4n) is 1.47. The smallest absolute Gasteiger partial charge is 0.407 e. The number of nitrogens with zero attached hydrogens (tertiary/aromatic N) is 1. The summed E-state index contributed by atoms with van der Waals surface area (Å²) in [5.41, 5.74) is -0.944. The van der Waals surface area contributed by atoms with Crippen LogP contribution in [-0.4, -0.2) is 34.5 Å². The molecule has 0 aliphatic carbocycles. The summed E-state index contributed by atoms with van der Waals surface area (Å²) in [5, 5.41) is 11.9. The third-order valence-corrected chi connectivity index (χ3v) is 2.69. The van der Waals surface area contributed by atoms with E-state index >= 15 is 0 Å². The molecular formula is C13H21ClN4O3. The molecule has 0 spiro atoms. The number of carbonyl (C=O) groups is 1. The van der Waals surface area contributed by atoms with E-state index in [0.29, 0.717) is 18.8 Å². The first-order valence-electron chi connectivity index (χ1n) is 6.66. The predicted molar refractivity (Wildman–Crippen MR) is 81.8 cm³/mol. The summed E-state index contributed by atoms with van der Waals surface area (Å²) in [4.78, 5) is 22.6. The van der Waals surface area contributed by atoms with Crippen LogP contribution in [0.5, 0.6) is 0 Å². The Labute approximate surface area is 128 Å². The first-order valence-corrected chi connectivity index (χ1v) is 7.04. The van der Waals surface area contributed by atoms with E-state index in [9.17, 15) is 9.59 Å². The fourth-order valence-corrected chi connectivity index (χ4v) is 1.62. The number of aromatic nitrogens is 2. The van der Waals surface area contributed by atoms with Gasteiger partial charge < -0.3 is 15.4 Å². The summed E-state index contributed by atoms with van der Waals surface area (Å²) in [6, 6.07) is 1.39. The fraction of sp³-hybridized carbons (Fsp3) is 0.615. The van der Waals surface area contributed by atoms with Gasteiger partial charge in [-0.3, -0.25) is 4.79 Å². The summed E-state index contributed by atoms with van der Waals surface area (Å²) >= 11 is 5.69. The Kier molecular flexibility index (Phi) is 6.02. The van der Waals surface area contributed by atoms with E-state index in [0.717, 1.165) is 0 Å². The zero-order valence-corrected chi connectivity index (χ0v) is 13.4. The number of hydrogen-bond acceptors (Lipinski definition) is 5. The third kappa shape index (κ3) is 6.99. The molecular weight excluding hydrogens is 296 g/mol. The molecule has 7 nitrogen and oxygen atoms in total. The molecule has 1 aromatic heterocycles. The Balaban J connectivity index is 2.33. The molecule has 0 aromatic carbocycles. The van der Waals surface area contributed by atoms with Crippen LogP contribution in [0.4, 0.5) is 10.6 Å². The van der Waals surface area contributed by atoms with Crippen molar-refractivity contribution in [1.29, 1.82) is 0 Å². The maximum absolute atomic E-state index is 11.6. The van der Waals surface area contributed by atoms with Gasteiger partial charge in [0, 0.05) is 18.7 Å². The second-order valence-corrected chi connectivity index (χ2v) is 6.10. The Bertz CT molecular complexity index is 539. The van der Waals surface area contributed by atoms with Gasteiger partial charge in [0.25, 0.3) is 5.56 Å². The summed E-state index contributed by atoms with van der Waals surface area (Å²) < 4.78 is 5.16. The molecule has 1 heterocycles. The Hall–Kier alpha value is -1.76. The number of H-pyrrole nitrogens is 1. The van der Waals surface area contributed by atoms with Gasteiger partial charge in [0.15, 0.2) is 0 Å². The molecule has 3 N–H and O–H groups in total. The number of halogens is 1. The highest BCUT2D eigenvalue weighted by Gasteiger charge is 2.17. The van der Waals surface area contributed by atoms with Crippen LogP contribution in [-0.2, 0) is 4.74 Å². The van der Waals surface area contributed by atoms with Crippen LogP contribution in [0.3, 0.4) is 0 Å². The number of ether oxygens (including phenoxy) is 1. The van der Waals surface area contributed by atoms with Crippen LogP contribution in [0.2, 0.25) is 5.02 Å². The average molecular weight is 317 g/mol. The minimum atomic E-state index is -0.515. The van der Waals surface area contributed by atoms with Crippen LogP contribution in [0.15, 0.2) is 10.9 Å². The van der Waals surface area contributed by atoms with E-state index in [4.69, 9.17) is 16.3 Å². The van der Waals surface area contributed by atoms with Crippen molar-refractivity contribution in [3.63, 3.8) is 0 Å². The van der Waals surface area contributed by atoms with Crippen molar-refractivity contribution in [3.05, 3.63) is 21.4 Å². The van der Waals surface area contributed by atoms with Gasteiger partial charge in [0.1, 0.15) is 16.4 Å². The summed E-state index contributed by atoms with van der Waals surface area (Å²) in [5.74, 6) is 0.476. The quantitative estimate of drug-likeness (QED) is 0.773. The highest BCUT2D eigenvalue weighted by molar-refractivity contribution is 6.30. The molecule has 118 valence electrons. The third-order valence-electron chi connectivity index (χ3n) is 2.40. The van der Waals surface area contributed by atoms with Crippen molar-refractivity contribution in [2.24, 2.45) is 0 Å². The van der Waals surface area contributed by atoms with Crippen LogP contribution in [0, 0.1) is 0 Å². The van der Waals surface area contributed by atoms with Crippen LogP contribution in [0.1, 0.15) is 34.1 Å². The Morgan fingerprint density at radius 3 is 2.76 bits per heavy atom. The molecule has 1 rings (SSSR count). The van der Waals surface area contributed by atoms with Crippen molar-refractivity contribution in [1.82, 2.24) is 15.5 Å². The first kappa shape index (κ1) is 17.3. The lowest BCUT2D eigenvalue weighted by Crippen LogP contribution is -2.38. The van der Waals surface area contributed by atoms with Crippen LogP contribution >= 0.6 is 11.6 Å². The predicted octanol–water partition coefficient (Wildman–Crippen LogP) is 2.14. The number of hydrogen-bond donors (Lipinski definition) is 3. The normalized spacial score (nSPS) is 12.6. The standard InChI is InChI=1S/C13H21ClN4O3/c1-8(16-12(20)21-13(2,3)4)5-6-15-10-7-9(14)11(19)18-17-10/h7-8H,5-6H2,1-4H3,(H,15,17)(H,16,20)(H,18,19)/t8-/m0/s1. The average Bonchev–Trinajstić information content (AvgIpc) is 2.31. The number of carbonyl (C=O) groups excluding carboxylic acids is 1. The number of nitrogens with one attached hydrogen (secondary N) is 3. The van der Waals surface area contributed by atoms with E-state index in [1.807, 2.05) is 27.7 Å². The van der Waals surface area contributed by atoms with Gasteiger partial charge in [-0.2, -0.15) is 5.10 Å². The van der Waals surface area contributed by atoms with E-state index in [1.54, 1.807) is 0 Å². The summed E-state index contributed by atoms with van der Waals surface area (Å²) in [6.07, 6.45) is 0.220. The Morgan fingerprint density at radius 2 is 2.19 bits per heavy atom. The number of anilines is 1. The second-order valence-electron chi connectivity index (χ2n) is 5.69. The molecule has 1 amide bonds. The molecule has 0 unspecified atom stereocenters. The maximum Gasteiger partial charge on any atom is 0.407 e. The molecule has 1 atom stereocenters. The molecule has 1 aromatic rings. The lowest BCUT2D eigenvalue weighted by atomic mass is 10.2. The van der Waals surface area contributed by atoms with Gasteiger partial charge in [-0.25, -0.2) is 9.89 Å². The minimum absolute atomic E-state index is 0.0643. The zero-order chi connectivity index (χ0) is 16.0. The summed E-state index contributed by atoms with van der Waals surface area (Å²) in [6.45, 7) is 7.87. The van der Waals surface area contributed by atoms with E-state index in [-0.39, 0.29) is 11.1 Å². The molecule has 8 heteroatoms. The van der Waals surface area contributed by atoms with Crippen molar-refractivity contribution in [3.8, 4) is 0 Å². The molecule has 0 aliphatic heterocycles. The molecule has 0 bridgehead atoms. The number of alkyl carbamates (subject to hydrolysis) is 1. The largest absolute Gasteiger partial charge is 0.444 e. The van der Waals surface area contributed by atoms with Crippen molar-refractivity contribution in [2.75, 3.05) is 11.9 Å². The van der Waals surface area contributed by atoms with E-state index in [2.05, 4.69) is 20.8 Å². The van der Waals surface area contributed by atoms with E-state index < -0.39 is 17.3 Å². The molecule has 21 heavy (non-hydrogen) atoms. The lowest BCUT2D eigenvalue weighted by Gasteiger charge is -2.22. The van der Waals surface area contributed by atoms with E-state index in [1.165, 1.54) is 6.07 Å². The monoisotopic (exact) mass is 316 g/mol. The van der Waals surface area contributed by atoms with Crippen molar-refractivity contribution >= 4 is 23.5 Å². The minimum Gasteiger partial charge on any atom is -0.444 e. The highest BCUT2D eigenvalue weighted by atomic mass is 35.5. The lowest BCUT2D eigenvalue weighted by molar-refractivity contribution is 0.0507. The van der Waals surface area contributed by atoms with Gasteiger partial charge in [0.05, 0.1) is 0 Å². The van der Waals surface area contributed by atoms with Gasteiger partial charge in [-0.1, -0.05) is 11.6 Å². The summed E-state index contributed by atoms with van der Waals surface area (Å²) in [7, 11) is 0. The second kappa shape index (κ2) is 7.31. The first-order chi connectivity index (χ1) is 9.67. The number of rotatable bonds is 5. The van der Waals surface area contributed by atoms with Gasteiger partial charge in [-0.05, 0) is 34.1 Å². The van der Waals surface area contributed by atoms with Gasteiger partial charge in [-0.15, -0.1) is 0 Å². The molecule has 0 aliphatic rings. The SMILES string of the molecule is C[C@@H](CCNc1cc(Cl)c(=O)[nH]n1)NC(=O)OC(C)(C)C. The number of aromatic amines is 1. The van der Waals surface area contributed by atoms with Gasteiger partial charge in [0.2, 0.25) is 0 Å². The molecule has 0 radical (unpaired) electrons. The van der Waals surface area contributed by atoms with Crippen molar-refractivity contribution in [2.45, 2.75) is 45.8 Å². The molecule has 0 saturated carbocycles. The maximum atomic E-state index is 11.6. The highest BCUT2D eigenvalue weighted by Crippen LogP contribution is 2.08.